The molecule has 2 rings (SSSR count). The van der Waals surface area contributed by atoms with Gasteiger partial charge in [-0.2, -0.15) is 0 Å². The zero-order valence-electron chi connectivity index (χ0n) is 9.73. The number of hydrogen-bond acceptors (Lipinski definition) is 3. The molecule has 94 valence electrons. The predicted octanol–water partition coefficient (Wildman–Crippen LogP) is 1.71. The average Bonchev–Trinajstić information content (AvgIpc) is 2.26. The summed E-state index contributed by atoms with van der Waals surface area (Å²) in [6.45, 7) is 0.611. The predicted molar refractivity (Wildman–Crippen MR) is 63.5 cm³/mol. The van der Waals surface area contributed by atoms with E-state index in [4.69, 9.17) is 4.74 Å². The third-order valence-corrected chi connectivity index (χ3v) is 3.02. The third-order valence-electron chi connectivity index (χ3n) is 3.02. The number of halogens is 1. The van der Waals surface area contributed by atoms with Gasteiger partial charge in [0.25, 0.3) is 0 Å². The van der Waals surface area contributed by atoms with Crippen LogP contribution in [0.4, 0.5) is 4.39 Å². The SMILES string of the molecule is OC(CNC1CCC1)COc1ccccc1F. The Hall–Kier alpha value is -1.13. The molecule has 1 unspecified atom stereocenters. The highest BCUT2D eigenvalue weighted by Crippen LogP contribution is 2.18. The van der Waals surface area contributed by atoms with E-state index in [1.165, 1.54) is 25.3 Å². The zero-order valence-corrected chi connectivity index (χ0v) is 9.73. The largest absolute Gasteiger partial charge is 0.488 e. The summed E-state index contributed by atoms with van der Waals surface area (Å²) in [7, 11) is 0. The molecule has 1 fully saturated rings. The van der Waals surface area contributed by atoms with Crippen LogP contribution in [-0.2, 0) is 0 Å². The zero-order chi connectivity index (χ0) is 12.1. The molecule has 0 bridgehead atoms. The van der Waals surface area contributed by atoms with Crippen LogP contribution in [0.25, 0.3) is 0 Å². The van der Waals surface area contributed by atoms with Crippen LogP contribution in [0.2, 0.25) is 0 Å². The molecule has 3 nitrogen and oxygen atoms in total. The molecule has 2 N–H and O–H groups in total. The number of ether oxygens (including phenoxy) is 1. The van der Waals surface area contributed by atoms with Crippen LogP contribution in [0.1, 0.15) is 19.3 Å². The van der Waals surface area contributed by atoms with Gasteiger partial charge in [-0.25, -0.2) is 4.39 Å². The van der Waals surface area contributed by atoms with E-state index in [-0.39, 0.29) is 12.4 Å². The summed E-state index contributed by atoms with van der Waals surface area (Å²) in [4.78, 5) is 0. The van der Waals surface area contributed by atoms with E-state index in [0.29, 0.717) is 12.6 Å². The highest BCUT2D eigenvalue weighted by molar-refractivity contribution is 5.23. The Morgan fingerprint density at radius 3 is 2.82 bits per heavy atom. The van der Waals surface area contributed by atoms with Crippen LogP contribution in [0, 0.1) is 5.82 Å². The van der Waals surface area contributed by atoms with E-state index in [1.54, 1.807) is 18.2 Å². The van der Waals surface area contributed by atoms with Gasteiger partial charge in [0.2, 0.25) is 0 Å². The molecule has 17 heavy (non-hydrogen) atoms. The van der Waals surface area contributed by atoms with Crippen LogP contribution in [0.5, 0.6) is 5.75 Å². The normalized spacial score (nSPS) is 17.5. The molecule has 0 saturated heterocycles. The molecule has 1 aromatic carbocycles. The maximum atomic E-state index is 13.2. The maximum Gasteiger partial charge on any atom is 0.165 e. The summed E-state index contributed by atoms with van der Waals surface area (Å²) >= 11 is 0. The van der Waals surface area contributed by atoms with Crippen molar-refractivity contribution < 1.29 is 14.2 Å². The standard InChI is InChI=1S/C13H18FNO2/c14-12-6-1-2-7-13(12)17-9-11(16)8-15-10-4-3-5-10/h1-2,6-7,10-11,15-16H,3-5,8-9H2. The fraction of sp³-hybridized carbons (Fsp3) is 0.538. The third kappa shape index (κ3) is 3.68. The Morgan fingerprint density at radius 1 is 1.41 bits per heavy atom. The van der Waals surface area contributed by atoms with Gasteiger partial charge in [-0.05, 0) is 25.0 Å². The van der Waals surface area contributed by atoms with Gasteiger partial charge in [-0.3, -0.25) is 0 Å². The van der Waals surface area contributed by atoms with Crippen LogP contribution < -0.4 is 10.1 Å². The minimum Gasteiger partial charge on any atom is -0.488 e. The van der Waals surface area contributed by atoms with Gasteiger partial charge in [-0.15, -0.1) is 0 Å². The first-order chi connectivity index (χ1) is 8.25. The van der Waals surface area contributed by atoms with Gasteiger partial charge in [0.05, 0.1) is 0 Å². The van der Waals surface area contributed by atoms with Crippen molar-refractivity contribution in [2.45, 2.75) is 31.4 Å². The van der Waals surface area contributed by atoms with Crippen molar-refractivity contribution in [2.24, 2.45) is 0 Å². The van der Waals surface area contributed by atoms with Gasteiger partial charge >= 0.3 is 0 Å². The van der Waals surface area contributed by atoms with E-state index in [1.807, 2.05) is 0 Å². The molecule has 0 radical (unpaired) electrons. The molecule has 1 saturated carbocycles. The Morgan fingerprint density at radius 2 is 2.18 bits per heavy atom. The second-order valence-electron chi connectivity index (χ2n) is 4.43. The average molecular weight is 239 g/mol. The first-order valence-electron chi connectivity index (χ1n) is 6.04. The minimum atomic E-state index is -0.602. The molecule has 0 amide bonds. The van der Waals surface area contributed by atoms with Gasteiger partial charge in [-0.1, -0.05) is 18.6 Å². The quantitative estimate of drug-likeness (QED) is 0.794. The van der Waals surface area contributed by atoms with Crippen molar-refractivity contribution in [2.75, 3.05) is 13.2 Å². The first-order valence-corrected chi connectivity index (χ1v) is 6.04. The molecule has 1 atom stereocenters. The molecule has 1 aliphatic carbocycles. The Labute approximate surface area is 101 Å². The number of hydrogen-bond donors (Lipinski definition) is 2. The molecule has 1 aliphatic rings. The smallest absolute Gasteiger partial charge is 0.165 e. The van der Waals surface area contributed by atoms with Crippen molar-refractivity contribution in [1.29, 1.82) is 0 Å². The van der Waals surface area contributed by atoms with E-state index < -0.39 is 11.9 Å². The van der Waals surface area contributed by atoms with Crippen molar-refractivity contribution in [3.8, 4) is 5.75 Å². The van der Waals surface area contributed by atoms with Gasteiger partial charge in [0, 0.05) is 12.6 Å². The second-order valence-corrected chi connectivity index (χ2v) is 4.43. The monoisotopic (exact) mass is 239 g/mol. The lowest BCUT2D eigenvalue weighted by molar-refractivity contribution is 0.0977. The van der Waals surface area contributed by atoms with Crippen molar-refractivity contribution in [3.05, 3.63) is 30.1 Å². The van der Waals surface area contributed by atoms with Crippen LogP contribution in [0.3, 0.4) is 0 Å². The number of para-hydroxylation sites is 1. The lowest BCUT2D eigenvalue weighted by Gasteiger charge is -2.27. The Balaban J connectivity index is 1.68. The van der Waals surface area contributed by atoms with E-state index >= 15 is 0 Å². The lowest BCUT2D eigenvalue weighted by atomic mass is 9.93. The van der Waals surface area contributed by atoms with Gasteiger partial charge in [0.1, 0.15) is 12.7 Å². The summed E-state index contributed by atoms with van der Waals surface area (Å²) in [6.07, 6.45) is 3.02. The summed E-state index contributed by atoms with van der Waals surface area (Å²) in [6, 6.07) is 6.75. The highest BCUT2D eigenvalue weighted by atomic mass is 19.1. The minimum absolute atomic E-state index is 0.112. The molecule has 4 heteroatoms. The molecular weight excluding hydrogens is 221 g/mol. The highest BCUT2D eigenvalue weighted by Gasteiger charge is 2.17. The van der Waals surface area contributed by atoms with Gasteiger partial charge in [0.15, 0.2) is 11.6 Å². The Bertz CT molecular complexity index is 355. The number of rotatable bonds is 6. The topological polar surface area (TPSA) is 41.5 Å². The fourth-order valence-corrected chi connectivity index (χ4v) is 1.72. The van der Waals surface area contributed by atoms with Crippen LogP contribution >= 0.6 is 0 Å². The molecule has 0 aromatic heterocycles. The number of aliphatic hydroxyl groups is 1. The second kappa shape index (κ2) is 5.98. The maximum absolute atomic E-state index is 13.2. The summed E-state index contributed by atoms with van der Waals surface area (Å²) in [5.74, 6) is -0.207. The van der Waals surface area contributed by atoms with Gasteiger partial charge < -0.3 is 15.2 Å². The molecule has 0 aliphatic heterocycles. The molecule has 0 heterocycles. The van der Waals surface area contributed by atoms with Crippen LogP contribution in [-0.4, -0.2) is 30.4 Å². The Kier molecular flexibility index (Phi) is 4.34. The summed E-state index contributed by atoms with van der Waals surface area (Å²) < 4.78 is 18.4. The number of benzene rings is 1. The van der Waals surface area contributed by atoms with E-state index in [0.717, 1.165) is 0 Å². The fourth-order valence-electron chi connectivity index (χ4n) is 1.72. The van der Waals surface area contributed by atoms with Crippen molar-refractivity contribution in [1.82, 2.24) is 5.32 Å². The first kappa shape index (κ1) is 12.3. The molecular formula is C13H18FNO2. The summed E-state index contributed by atoms with van der Waals surface area (Å²) in [5, 5.41) is 12.9. The summed E-state index contributed by atoms with van der Waals surface area (Å²) in [5.41, 5.74) is 0. The van der Waals surface area contributed by atoms with Crippen molar-refractivity contribution in [3.63, 3.8) is 0 Å². The van der Waals surface area contributed by atoms with Crippen LogP contribution in [0.15, 0.2) is 24.3 Å². The van der Waals surface area contributed by atoms with E-state index in [2.05, 4.69) is 5.32 Å². The number of aliphatic hydroxyl groups excluding tert-OH is 1. The number of nitrogens with one attached hydrogen (secondary N) is 1. The van der Waals surface area contributed by atoms with E-state index in [9.17, 15) is 9.50 Å². The molecule has 1 aromatic rings. The van der Waals surface area contributed by atoms with Crippen molar-refractivity contribution >= 4 is 0 Å². The lowest BCUT2D eigenvalue weighted by Crippen LogP contribution is -2.41. The molecule has 0 spiro atoms.